The lowest BCUT2D eigenvalue weighted by Crippen LogP contribution is -2.02. The van der Waals surface area contributed by atoms with Gasteiger partial charge in [-0.1, -0.05) is 41.9 Å². The van der Waals surface area contributed by atoms with Crippen LogP contribution in [0.5, 0.6) is 0 Å². The Balaban J connectivity index is 1.72. The van der Waals surface area contributed by atoms with Crippen molar-refractivity contribution in [2.75, 3.05) is 5.43 Å². The normalized spacial score (nSPS) is 10.9. The van der Waals surface area contributed by atoms with Gasteiger partial charge in [0.15, 0.2) is 0 Å². The number of benzene rings is 2. The summed E-state index contributed by atoms with van der Waals surface area (Å²) < 4.78 is 0. The topological polar surface area (TPSA) is 74.6 Å². The Bertz CT molecular complexity index is 891. The van der Waals surface area contributed by atoms with Gasteiger partial charge < -0.3 is 5.11 Å². The molecule has 3 aromatic rings. The van der Waals surface area contributed by atoms with E-state index >= 15 is 0 Å². The molecule has 24 heavy (non-hydrogen) atoms. The fourth-order valence-electron chi connectivity index (χ4n) is 2.04. The number of hydrogen-bond donors (Lipinski definition) is 2. The lowest BCUT2D eigenvalue weighted by atomic mass is 10.1. The molecule has 120 valence electrons. The number of carboxylic acids is 1. The second kappa shape index (κ2) is 7.25. The highest BCUT2D eigenvalue weighted by Gasteiger charge is 2.07. The van der Waals surface area contributed by atoms with Crippen LogP contribution in [0.1, 0.15) is 15.9 Å². The van der Waals surface area contributed by atoms with E-state index in [4.69, 9.17) is 16.7 Å². The van der Waals surface area contributed by atoms with Crippen LogP contribution in [-0.4, -0.2) is 22.3 Å². The maximum absolute atomic E-state index is 11.1. The Morgan fingerprint density at radius 3 is 2.71 bits per heavy atom. The largest absolute Gasteiger partial charge is 0.478 e. The summed E-state index contributed by atoms with van der Waals surface area (Å²) >= 11 is 7.28. The summed E-state index contributed by atoms with van der Waals surface area (Å²) in [5.74, 6) is -0.990. The molecule has 0 aliphatic heterocycles. The molecule has 0 amide bonds. The monoisotopic (exact) mass is 357 g/mol. The third-order valence-electron chi connectivity index (χ3n) is 3.20. The summed E-state index contributed by atoms with van der Waals surface area (Å²) in [6, 6.07) is 14.1. The Morgan fingerprint density at radius 2 is 1.96 bits per heavy atom. The van der Waals surface area contributed by atoms with Crippen LogP contribution in [0.2, 0.25) is 5.02 Å². The van der Waals surface area contributed by atoms with Crippen molar-refractivity contribution in [3.63, 3.8) is 0 Å². The molecule has 0 radical (unpaired) electrons. The van der Waals surface area contributed by atoms with E-state index in [2.05, 4.69) is 15.5 Å². The van der Waals surface area contributed by atoms with Gasteiger partial charge in [0.05, 0.1) is 17.5 Å². The van der Waals surface area contributed by atoms with Gasteiger partial charge in [0.25, 0.3) is 0 Å². The minimum Gasteiger partial charge on any atom is -0.478 e. The number of halogens is 1. The Kier molecular flexibility index (Phi) is 4.88. The van der Waals surface area contributed by atoms with Gasteiger partial charge in [-0.05, 0) is 18.2 Å². The number of carbonyl (C=O) groups is 1. The molecule has 1 aromatic heterocycles. The van der Waals surface area contributed by atoms with Crippen LogP contribution in [0.15, 0.2) is 59.0 Å². The van der Waals surface area contributed by atoms with Crippen LogP contribution in [0, 0.1) is 0 Å². The molecule has 0 saturated heterocycles. The maximum Gasteiger partial charge on any atom is 0.336 e. The van der Waals surface area contributed by atoms with E-state index in [1.165, 1.54) is 23.6 Å². The number of thiazole rings is 1. The van der Waals surface area contributed by atoms with E-state index in [1.54, 1.807) is 18.2 Å². The third kappa shape index (κ3) is 3.79. The number of aromatic carboxylic acids is 1. The summed E-state index contributed by atoms with van der Waals surface area (Å²) in [4.78, 5) is 15.6. The number of anilines is 1. The number of rotatable bonds is 5. The maximum atomic E-state index is 11.1. The molecule has 2 aromatic carbocycles. The number of nitrogens with zero attached hydrogens (tertiary/aromatic N) is 2. The summed E-state index contributed by atoms with van der Waals surface area (Å²) in [6.07, 6.45) is 1.47. The van der Waals surface area contributed by atoms with E-state index < -0.39 is 5.97 Å². The van der Waals surface area contributed by atoms with E-state index in [1.807, 2.05) is 29.6 Å². The first-order chi connectivity index (χ1) is 11.6. The first kappa shape index (κ1) is 16.2. The molecule has 0 atom stereocenters. The average molecular weight is 358 g/mol. The molecule has 1 heterocycles. The number of aromatic nitrogens is 1. The molecular weight excluding hydrogens is 346 g/mol. The van der Waals surface area contributed by atoms with Crippen molar-refractivity contribution in [3.8, 4) is 11.3 Å². The van der Waals surface area contributed by atoms with E-state index in [0.29, 0.717) is 15.7 Å². The molecule has 2 N–H and O–H groups in total. The first-order valence-electron chi connectivity index (χ1n) is 6.96. The van der Waals surface area contributed by atoms with Gasteiger partial charge in [-0.2, -0.15) is 5.10 Å². The zero-order valence-electron chi connectivity index (χ0n) is 12.3. The van der Waals surface area contributed by atoms with E-state index in [-0.39, 0.29) is 5.56 Å². The smallest absolute Gasteiger partial charge is 0.336 e. The van der Waals surface area contributed by atoms with Crippen molar-refractivity contribution in [1.29, 1.82) is 0 Å². The van der Waals surface area contributed by atoms with Crippen molar-refractivity contribution >= 4 is 40.3 Å². The van der Waals surface area contributed by atoms with Gasteiger partial charge in [0.1, 0.15) is 0 Å². The van der Waals surface area contributed by atoms with Gasteiger partial charge >= 0.3 is 5.97 Å². The molecule has 7 heteroatoms. The van der Waals surface area contributed by atoms with E-state index in [0.717, 1.165) is 11.3 Å². The second-order valence-electron chi connectivity index (χ2n) is 4.81. The van der Waals surface area contributed by atoms with Gasteiger partial charge in [0, 0.05) is 21.5 Å². The van der Waals surface area contributed by atoms with Crippen molar-refractivity contribution < 1.29 is 9.90 Å². The lowest BCUT2D eigenvalue weighted by molar-refractivity contribution is 0.0697. The van der Waals surface area contributed by atoms with Crippen LogP contribution < -0.4 is 5.43 Å². The molecule has 0 spiro atoms. The minimum absolute atomic E-state index is 0.198. The van der Waals surface area contributed by atoms with Crippen molar-refractivity contribution in [1.82, 2.24) is 4.98 Å². The summed E-state index contributed by atoms with van der Waals surface area (Å²) in [7, 11) is 0. The fraction of sp³-hybridized carbons (Fsp3) is 0. The zero-order chi connectivity index (χ0) is 16.9. The van der Waals surface area contributed by atoms with Crippen LogP contribution in [0.3, 0.4) is 0 Å². The number of nitrogens with one attached hydrogen (secondary N) is 1. The van der Waals surface area contributed by atoms with Gasteiger partial charge in [-0.25, -0.2) is 9.78 Å². The number of hydrazone groups is 1. The van der Waals surface area contributed by atoms with Crippen LogP contribution >= 0.6 is 22.9 Å². The number of carboxylic acid groups (broad SMARTS) is 1. The zero-order valence-corrected chi connectivity index (χ0v) is 13.9. The molecule has 0 unspecified atom stereocenters. The molecule has 0 saturated carbocycles. The molecule has 0 aliphatic carbocycles. The standard InChI is InChI=1S/C17H12ClN3O2S/c18-13-7-5-11(6-8-13)15-10-24-17(20-15)21-19-9-12-3-1-2-4-14(12)16(22)23/h1-10H,(H,20,21)(H,22,23)/b19-9-. The Hall–Kier alpha value is -2.70. The summed E-state index contributed by atoms with van der Waals surface area (Å²) in [5.41, 5.74) is 5.32. The van der Waals surface area contributed by atoms with Crippen LogP contribution in [-0.2, 0) is 0 Å². The van der Waals surface area contributed by atoms with Crippen LogP contribution in [0.25, 0.3) is 11.3 Å². The van der Waals surface area contributed by atoms with Crippen molar-refractivity contribution in [2.45, 2.75) is 0 Å². The van der Waals surface area contributed by atoms with Gasteiger partial charge in [-0.15, -0.1) is 11.3 Å². The third-order valence-corrected chi connectivity index (χ3v) is 4.20. The molecular formula is C17H12ClN3O2S. The SMILES string of the molecule is O=C(O)c1ccccc1/C=N\Nc1nc(-c2ccc(Cl)cc2)cs1. The number of hydrogen-bond acceptors (Lipinski definition) is 5. The summed E-state index contributed by atoms with van der Waals surface area (Å²) in [5, 5.41) is 16.4. The van der Waals surface area contributed by atoms with Crippen LogP contribution in [0.4, 0.5) is 5.13 Å². The molecule has 3 rings (SSSR count). The van der Waals surface area contributed by atoms with Crippen molar-refractivity contribution in [3.05, 3.63) is 70.1 Å². The van der Waals surface area contributed by atoms with Crippen molar-refractivity contribution in [2.24, 2.45) is 5.10 Å². The highest BCUT2D eigenvalue weighted by atomic mass is 35.5. The lowest BCUT2D eigenvalue weighted by Gasteiger charge is -1.99. The molecule has 5 nitrogen and oxygen atoms in total. The van der Waals surface area contributed by atoms with Gasteiger partial charge in [-0.3, -0.25) is 5.43 Å². The Morgan fingerprint density at radius 1 is 1.21 bits per heavy atom. The molecule has 0 fully saturated rings. The fourth-order valence-corrected chi connectivity index (χ4v) is 2.83. The highest BCUT2D eigenvalue weighted by Crippen LogP contribution is 2.25. The first-order valence-corrected chi connectivity index (χ1v) is 8.22. The summed E-state index contributed by atoms with van der Waals surface area (Å²) in [6.45, 7) is 0. The predicted octanol–water partition coefficient (Wildman–Crippen LogP) is 4.61. The minimum atomic E-state index is -0.990. The quantitative estimate of drug-likeness (QED) is 0.516. The molecule has 0 bridgehead atoms. The Labute approximate surface area is 147 Å². The van der Waals surface area contributed by atoms with Gasteiger partial charge in [0.2, 0.25) is 5.13 Å². The average Bonchev–Trinajstić information content (AvgIpc) is 3.05. The molecule has 0 aliphatic rings. The van der Waals surface area contributed by atoms with E-state index in [9.17, 15) is 4.79 Å². The highest BCUT2D eigenvalue weighted by molar-refractivity contribution is 7.14. The predicted molar refractivity (Wildman–Crippen MR) is 97.2 cm³/mol. The second-order valence-corrected chi connectivity index (χ2v) is 6.10.